The number of hydrogen-bond acceptors (Lipinski definition) is 6. The van der Waals surface area contributed by atoms with Crippen LogP contribution >= 0.6 is 0 Å². The number of aliphatic hydroxyl groups excluding tert-OH is 1. The second-order valence-corrected chi connectivity index (χ2v) is 13.8. The van der Waals surface area contributed by atoms with Gasteiger partial charge in [-0.2, -0.15) is 0 Å². The second kappa shape index (κ2) is 15.6. The summed E-state index contributed by atoms with van der Waals surface area (Å²) < 4.78 is 55.1. The van der Waals surface area contributed by atoms with Gasteiger partial charge in [0.2, 0.25) is 0 Å². The zero-order chi connectivity index (χ0) is 27.3. The number of rotatable bonds is 18. The van der Waals surface area contributed by atoms with E-state index in [2.05, 4.69) is 0 Å². The number of hydrogen-bond donors (Lipinski definition) is 2. The van der Waals surface area contributed by atoms with Gasteiger partial charge in [0.1, 0.15) is 0 Å². The van der Waals surface area contributed by atoms with E-state index in [1.54, 1.807) is 24.3 Å². The Morgan fingerprint density at radius 2 is 1.05 bits per heavy atom. The van der Waals surface area contributed by atoms with Crippen LogP contribution in [0.2, 0.25) is 0 Å². The molecular weight excluding hydrogens is 508 g/mol. The zero-order valence-electron chi connectivity index (χ0n) is 22.3. The van der Waals surface area contributed by atoms with Gasteiger partial charge in [0.05, 0.1) is 9.79 Å². The minimum absolute atomic E-state index is 0.0523. The summed E-state index contributed by atoms with van der Waals surface area (Å²) in [5, 5.41) is 8.83. The fourth-order valence-electron chi connectivity index (χ4n) is 4.26. The van der Waals surface area contributed by atoms with Crippen molar-refractivity contribution in [1.29, 1.82) is 0 Å². The predicted molar refractivity (Wildman–Crippen MR) is 149 cm³/mol. The third-order valence-corrected chi connectivity index (χ3v) is 11.0. The Morgan fingerprint density at radius 1 is 0.676 bits per heavy atom. The van der Waals surface area contributed by atoms with Crippen molar-refractivity contribution in [3.63, 3.8) is 0 Å². The van der Waals surface area contributed by atoms with E-state index in [4.69, 9.17) is 10.8 Å². The van der Waals surface area contributed by atoms with E-state index in [0.717, 1.165) is 56.1 Å². The van der Waals surface area contributed by atoms with Crippen LogP contribution < -0.4 is 5.73 Å². The monoisotopic (exact) mass is 552 g/mol. The summed E-state index contributed by atoms with van der Waals surface area (Å²) in [6.45, 7) is 3.97. The van der Waals surface area contributed by atoms with Gasteiger partial charge in [0.15, 0.2) is 0 Å². The Hall–Kier alpha value is -1.78. The molecule has 2 aromatic rings. The molecule has 0 spiro atoms. The molecule has 1 unspecified atom stereocenters. The van der Waals surface area contributed by atoms with Crippen LogP contribution in [-0.2, 0) is 20.0 Å². The van der Waals surface area contributed by atoms with Crippen LogP contribution in [0.1, 0.15) is 75.3 Å². The Balaban J connectivity index is 2.10. The summed E-state index contributed by atoms with van der Waals surface area (Å²) in [7, 11) is -8.63. The lowest BCUT2D eigenvalue weighted by Crippen LogP contribution is -2.41. The Kier molecular flexibility index (Phi) is 13.2. The molecular formula is C28H44N2O5S2. The molecule has 37 heavy (non-hydrogen) atoms. The van der Waals surface area contributed by atoms with Gasteiger partial charge >= 0.3 is 0 Å². The number of nitrogens with zero attached hydrogens (tertiary/aromatic N) is 1. The predicted octanol–water partition coefficient (Wildman–Crippen LogP) is 5.15. The van der Waals surface area contributed by atoms with Gasteiger partial charge in [0.25, 0.3) is 20.0 Å². The standard InChI is InChI=1S/C28H44N2O5S2/c1-24-13-17-27(18-14-24)36(32,33)30(37(34,35)28-19-15-25(2)16-20-28)23-26(22-29)12-10-8-6-4-3-5-7-9-11-21-31/h13-20,26,31H,3-12,21-23,29H2,1-2H3. The van der Waals surface area contributed by atoms with Crippen molar-refractivity contribution in [3.8, 4) is 0 Å². The summed E-state index contributed by atoms with van der Waals surface area (Å²) in [5.41, 5.74) is 7.78. The first-order valence-corrected chi connectivity index (χ1v) is 16.2. The maximum Gasteiger partial charge on any atom is 0.256 e. The average Bonchev–Trinajstić information content (AvgIpc) is 2.87. The number of benzene rings is 2. The molecule has 0 aliphatic heterocycles. The summed E-state index contributed by atoms with van der Waals surface area (Å²) in [6, 6.07) is 12.4. The topological polar surface area (TPSA) is 118 Å². The number of aliphatic hydroxyl groups is 1. The van der Waals surface area contributed by atoms with E-state index in [1.165, 1.54) is 37.1 Å². The lowest BCUT2D eigenvalue weighted by atomic mass is 10.00. The van der Waals surface area contributed by atoms with E-state index in [1.807, 2.05) is 13.8 Å². The maximum atomic E-state index is 13.6. The van der Waals surface area contributed by atoms with Crippen molar-refractivity contribution in [2.45, 2.75) is 87.8 Å². The van der Waals surface area contributed by atoms with Crippen LogP contribution in [0.5, 0.6) is 0 Å². The van der Waals surface area contributed by atoms with Crippen molar-refractivity contribution in [2.75, 3.05) is 19.7 Å². The Labute approximate surface area is 224 Å². The Bertz CT molecular complexity index is 1060. The molecule has 0 heterocycles. The quantitative estimate of drug-likeness (QED) is 0.247. The van der Waals surface area contributed by atoms with Gasteiger partial charge in [-0.3, -0.25) is 0 Å². The molecule has 0 radical (unpaired) electrons. The fraction of sp³-hybridized carbons (Fsp3) is 0.571. The normalized spacial score (nSPS) is 13.2. The molecule has 2 aromatic carbocycles. The lowest BCUT2D eigenvalue weighted by Gasteiger charge is -2.26. The van der Waals surface area contributed by atoms with E-state index in [-0.39, 0.29) is 35.4 Å². The van der Waals surface area contributed by atoms with Crippen LogP contribution in [0.4, 0.5) is 0 Å². The molecule has 0 aliphatic carbocycles. The van der Waals surface area contributed by atoms with Gasteiger partial charge in [-0.25, -0.2) is 16.8 Å². The molecule has 0 saturated carbocycles. The molecule has 2 rings (SSSR count). The summed E-state index contributed by atoms with van der Waals surface area (Å²) in [6.07, 6.45) is 10.2. The molecule has 9 heteroatoms. The smallest absolute Gasteiger partial charge is 0.256 e. The summed E-state index contributed by atoms with van der Waals surface area (Å²) in [5.74, 6) is -0.279. The van der Waals surface area contributed by atoms with Crippen LogP contribution in [0.3, 0.4) is 0 Å². The lowest BCUT2D eigenvalue weighted by molar-refractivity contribution is 0.282. The third-order valence-electron chi connectivity index (χ3n) is 6.68. The van der Waals surface area contributed by atoms with Crippen molar-refractivity contribution in [2.24, 2.45) is 11.7 Å². The minimum atomic E-state index is -4.32. The van der Waals surface area contributed by atoms with Gasteiger partial charge in [-0.05, 0) is 63.4 Å². The first kappa shape index (κ1) is 31.4. The van der Waals surface area contributed by atoms with Gasteiger partial charge in [-0.1, -0.05) is 90.5 Å². The van der Waals surface area contributed by atoms with Crippen molar-refractivity contribution >= 4 is 20.0 Å². The largest absolute Gasteiger partial charge is 0.396 e. The second-order valence-electron chi connectivity index (χ2n) is 9.89. The molecule has 0 saturated heterocycles. The molecule has 0 amide bonds. The molecule has 7 nitrogen and oxygen atoms in total. The van der Waals surface area contributed by atoms with Crippen molar-refractivity contribution < 1.29 is 21.9 Å². The van der Waals surface area contributed by atoms with Crippen molar-refractivity contribution in [1.82, 2.24) is 3.71 Å². The molecule has 0 fully saturated rings. The van der Waals surface area contributed by atoms with Gasteiger partial charge in [0, 0.05) is 13.2 Å². The molecule has 0 bridgehead atoms. The van der Waals surface area contributed by atoms with E-state index >= 15 is 0 Å². The van der Waals surface area contributed by atoms with Crippen LogP contribution in [0.25, 0.3) is 0 Å². The molecule has 0 aromatic heterocycles. The van der Waals surface area contributed by atoms with E-state index < -0.39 is 20.0 Å². The molecule has 3 N–H and O–H groups in total. The van der Waals surface area contributed by atoms with Crippen molar-refractivity contribution in [3.05, 3.63) is 59.7 Å². The first-order chi connectivity index (χ1) is 17.6. The highest BCUT2D eigenvalue weighted by molar-refractivity contribution is 8.04. The molecule has 0 aliphatic rings. The minimum Gasteiger partial charge on any atom is -0.396 e. The number of aryl methyl sites for hydroxylation is 2. The zero-order valence-corrected chi connectivity index (χ0v) is 23.9. The number of nitrogens with two attached hydrogens (primary N) is 1. The third kappa shape index (κ3) is 9.80. The van der Waals surface area contributed by atoms with E-state index in [9.17, 15) is 16.8 Å². The number of unbranched alkanes of at least 4 members (excludes halogenated alkanes) is 8. The molecule has 208 valence electrons. The average molecular weight is 553 g/mol. The SMILES string of the molecule is Cc1ccc(S(=O)(=O)N(CC(CN)CCCCCCCCCCCO)S(=O)(=O)c2ccc(C)cc2)cc1. The maximum absolute atomic E-state index is 13.6. The highest BCUT2D eigenvalue weighted by Gasteiger charge is 2.38. The van der Waals surface area contributed by atoms with Gasteiger partial charge < -0.3 is 10.8 Å². The summed E-state index contributed by atoms with van der Waals surface area (Å²) in [4.78, 5) is -0.105. The van der Waals surface area contributed by atoms with Crippen LogP contribution in [0, 0.1) is 19.8 Å². The highest BCUT2D eigenvalue weighted by atomic mass is 32.3. The van der Waals surface area contributed by atoms with Gasteiger partial charge in [-0.15, -0.1) is 0 Å². The molecule has 1 atom stereocenters. The number of sulfonamides is 2. The van der Waals surface area contributed by atoms with Crippen LogP contribution in [-0.4, -0.2) is 45.3 Å². The van der Waals surface area contributed by atoms with E-state index in [0.29, 0.717) is 10.1 Å². The fourth-order valence-corrected chi connectivity index (χ4v) is 8.05. The Morgan fingerprint density at radius 3 is 1.43 bits per heavy atom. The van der Waals surface area contributed by atoms with Crippen LogP contribution in [0.15, 0.2) is 58.3 Å². The highest BCUT2D eigenvalue weighted by Crippen LogP contribution is 2.27. The first-order valence-electron chi connectivity index (χ1n) is 13.3. The summed E-state index contributed by atoms with van der Waals surface area (Å²) >= 11 is 0.